The summed E-state index contributed by atoms with van der Waals surface area (Å²) in [6.45, 7) is 0.798. The molecule has 0 aliphatic carbocycles. The van der Waals surface area contributed by atoms with E-state index < -0.39 is 5.97 Å². The molecule has 1 aliphatic rings. The predicted octanol–water partition coefficient (Wildman–Crippen LogP) is -0.348. The number of nitrogens with zero attached hydrogens (tertiary/aromatic N) is 1. The van der Waals surface area contributed by atoms with E-state index in [-0.39, 0.29) is 12.6 Å². The number of urea groups is 1. The van der Waals surface area contributed by atoms with Gasteiger partial charge in [-0.2, -0.15) is 0 Å². The smallest absolute Gasteiger partial charge is 0.323 e. The Morgan fingerprint density at radius 1 is 1.42 bits per heavy atom. The molecule has 1 heterocycles. The lowest BCUT2D eigenvalue weighted by atomic mass is 10.6. The summed E-state index contributed by atoms with van der Waals surface area (Å²) in [5.74, 6) is -1.03. The number of hydrogen-bond acceptors (Lipinski definition) is 2. The third-order valence-electron chi connectivity index (χ3n) is 1.50. The Bertz CT molecular complexity index is 217. The van der Waals surface area contributed by atoms with Crippen LogP contribution < -0.4 is 5.32 Å². The molecule has 0 aromatic heterocycles. The van der Waals surface area contributed by atoms with Crippen LogP contribution in [0.25, 0.3) is 0 Å². The minimum absolute atomic E-state index is 0.324. The van der Waals surface area contributed by atoms with Crippen LogP contribution in [0.4, 0.5) is 4.79 Å². The third kappa shape index (κ3) is 2.26. The minimum Gasteiger partial charge on any atom is -0.480 e. The Hall–Kier alpha value is -1.52. The van der Waals surface area contributed by atoms with Crippen LogP contribution in [-0.4, -0.2) is 41.6 Å². The van der Waals surface area contributed by atoms with Crippen molar-refractivity contribution in [3.8, 4) is 0 Å². The summed E-state index contributed by atoms with van der Waals surface area (Å²) in [6.07, 6.45) is 3.72. The van der Waals surface area contributed by atoms with Crippen LogP contribution in [0.5, 0.6) is 0 Å². The molecular weight excluding hydrogens is 160 g/mol. The maximum absolute atomic E-state index is 11.1. The largest absolute Gasteiger partial charge is 0.480 e. The molecule has 0 aromatic rings. The van der Waals surface area contributed by atoms with Crippen molar-refractivity contribution in [3.05, 3.63) is 12.2 Å². The number of hydrogen-bond donors (Lipinski definition) is 2. The molecule has 1 rings (SSSR count). The van der Waals surface area contributed by atoms with E-state index in [1.165, 1.54) is 4.90 Å². The SMILES string of the molecule is O=C(O)CNC(=O)N1CC=CC1. The second kappa shape index (κ2) is 3.75. The number of carbonyl (C=O) groups excluding carboxylic acids is 1. The van der Waals surface area contributed by atoms with E-state index in [1.807, 2.05) is 12.2 Å². The van der Waals surface area contributed by atoms with E-state index >= 15 is 0 Å². The highest BCUT2D eigenvalue weighted by molar-refractivity contribution is 5.80. The highest BCUT2D eigenvalue weighted by atomic mass is 16.4. The van der Waals surface area contributed by atoms with E-state index in [9.17, 15) is 9.59 Å². The van der Waals surface area contributed by atoms with Crippen molar-refractivity contribution in [3.63, 3.8) is 0 Å². The van der Waals surface area contributed by atoms with Crippen LogP contribution >= 0.6 is 0 Å². The molecule has 0 aromatic carbocycles. The van der Waals surface area contributed by atoms with Gasteiger partial charge < -0.3 is 15.3 Å². The summed E-state index contributed by atoms with van der Waals surface area (Å²) in [7, 11) is 0. The van der Waals surface area contributed by atoms with Gasteiger partial charge in [0.15, 0.2) is 0 Å². The standard InChI is InChI=1S/C7H10N2O3/c10-6(11)5-8-7(12)9-3-1-2-4-9/h1-2H,3-5H2,(H,8,12)(H,10,11). The fourth-order valence-electron chi connectivity index (χ4n) is 0.907. The van der Waals surface area contributed by atoms with Crippen LogP contribution in [0.15, 0.2) is 12.2 Å². The van der Waals surface area contributed by atoms with Crippen LogP contribution in [-0.2, 0) is 4.79 Å². The molecule has 0 saturated carbocycles. The lowest BCUT2D eigenvalue weighted by Gasteiger charge is -2.14. The zero-order chi connectivity index (χ0) is 8.97. The molecule has 12 heavy (non-hydrogen) atoms. The maximum Gasteiger partial charge on any atom is 0.323 e. The van der Waals surface area contributed by atoms with Gasteiger partial charge in [0.25, 0.3) is 0 Å². The summed E-state index contributed by atoms with van der Waals surface area (Å²) < 4.78 is 0. The first-order valence-electron chi connectivity index (χ1n) is 3.59. The highest BCUT2D eigenvalue weighted by Gasteiger charge is 2.13. The van der Waals surface area contributed by atoms with Crippen LogP contribution in [0.2, 0.25) is 0 Å². The fraction of sp³-hybridized carbons (Fsp3) is 0.429. The van der Waals surface area contributed by atoms with Gasteiger partial charge in [0.2, 0.25) is 0 Å². The first kappa shape index (κ1) is 8.58. The summed E-state index contributed by atoms with van der Waals surface area (Å²) >= 11 is 0. The number of rotatable bonds is 2. The summed E-state index contributed by atoms with van der Waals surface area (Å²) in [5.41, 5.74) is 0. The number of amides is 2. The van der Waals surface area contributed by atoms with Crippen LogP contribution in [0.3, 0.4) is 0 Å². The van der Waals surface area contributed by atoms with E-state index in [0.29, 0.717) is 13.1 Å². The zero-order valence-corrected chi connectivity index (χ0v) is 6.49. The molecule has 2 N–H and O–H groups in total. The Kier molecular flexibility index (Phi) is 2.68. The Labute approximate surface area is 69.7 Å². The number of nitrogens with one attached hydrogen (secondary N) is 1. The minimum atomic E-state index is -1.03. The first-order chi connectivity index (χ1) is 5.70. The number of carboxylic acid groups (broad SMARTS) is 1. The molecule has 5 nitrogen and oxygen atoms in total. The summed E-state index contributed by atoms with van der Waals surface area (Å²) in [4.78, 5) is 22.6. The first-order valence-corrected chi connectivity index (χ1v) is 3.59. The van der Waals surface area contributed by atoms with Gasteiger partial charge in [0.1, 0.15) is 6.54 Å². The topological polar surface area (TPSA) is 69.6 Å². The molecule has 0 fully saturated rings. The number of carbonyl (C=O) groups is 2. The molecular formula is C7H10N2O3. The van der Waals surface area contributed by atoms with Crippen LogP contribution in [0, 0.1) is 0 Å². The van der Waals surface area contributed by atoms with Gasteiger partial charge in [-0.15, -0.1) is 0 Å². The second-order valence-corrected chi connectivity index (χ2v) is 2.43. The van der Waals surface area contributed by atoms with Crippen LogP contribution in [0.1, 0.15) is 0 Å². The Balaban J connectivity index is 2.24. The van der Waals surface area contributed by atoms with Gasteiger partial charge in [0, 0.05) is 13.1 Å². The normalized spacial score (nSPS) is 14.8. The summed E-state index contributed by atoms with van der Waals surface area (Å²) in [5, 5.41) is 10.5. The van der Waals surface area contributed by atoms with Crippen molar-refractivity contribution < 1.29 is 14.7 Å². The van der Waals surface area contributed by atoms with Gasteiger partial charge in [-0.1, -0.05) is 12.2 Å². The average molecular weight is 170 g/mol. The number of carboxylic acids is 1. The lowest BCUT2D eigenvalue weighted by molar-refractivity contribution is -0.135. The molecule has 66 valence electrons. The van der Waals surface area contributed by atoms with Crippen molar-refractivity contribution in [2.24, 2.45) is 0 Å². The quantitative estimate of drug-likeness (QED) is 0.556. The van der Waals surface area contributed by atoms with Gasteiger partial charge in [-0.25, -0.2) is 4.79 Å². The summed E-state index contributed by atoms with van der Waals surface area (Å²) in [6, 6.07) is -0.331. The molecule has 1 aliphatic heterocycles. The maximum atomic E-state index is 11.1. The number of aliphatic carboxylic acids is 1. The molecule has 0 bridgehead atoms. The molecule has 2 amide bonds. The lowest BCUT2D eigenvalue weighted by Crippen LogP contribution is -2.40. The van der Waals surface area contributed by atoms with E-state index in [0.717, 1.165) is 0 Å². The van der Waals surface area contributed by atoms with E-state index in [1.54, 1.807) is 0 Å². The van der Waals surface area contributed by atoms with Crippen molar-refractivity contribution in [2.75, 3.05) is 19.6 Å². The third-order valence-corrected chi connectivity index (χ3v) is 1.50. The Morgan fingerprint density at radius 2 is 2.00 bits per heavy atom. The molecule has 5 heteroatoms. The molecule has 0 radical (unpaired) electrons. The molecule has 0 atom stereocenters. The fourth-order valence-corrected chi connectivity index (χ4v) is 0.907. The van der Waals surface area contributed by atoms with Gasteiger partial charge in [-0.05, 0) is 0 Å². The van der Waals surface area contributed by atoms with Crippen molar-refractivity contribution >= 4 is 12.0 Å². The van der Waals surface area contributed by atoms with Crippen molar-refractivity contribution in [1.29, 1.82) is 0 Å². The zero-order valence-electron chi connectivity index (χ0n) is 6.49. The Morgan fingerprint density at radius 3 is 2.50 bits per heavy atom. The van der Waals surface area contributed by atoms with Gasteiger partial charge in [-0.3, -0.25) is 4.79 Å². The highest BCUT2D eigenvalue weighted by Crippen LogP contribution is 1.97. The molecule has 0 saturated heterocycles. The average Bonchev–Trinajstić information content (AvgIpc) is 2.51. The second-order valence-electron chi connectivity index (χ2n) is 2.43. The van der Waals surface area contributed by atoms with Crippen molar-refractivity contribution in [2.45, 2.75) is 0 Å². The molecule has 0 spiro atoms. The van der Waals surface area contributed by atoms with E-state index in [2.05, 4.69) is 5.32 Å². The van der Waals surface area contributed by atoms with Crippen molar-refractivity contribution in [1.82, 2.24) is 10.2 Å². The van der Waals surface area contributed by atoms with Gasteiger partial charge in [0.05, 0.1) is 0 Å². The predicted molar refractivity (Wildman–Crippen MR) is 41.7 cm³/mol. The van der Waals surface area contributed by atoms with Gasteiger partial charge >= 0.3 is 12.0 Å². The molecule has 0 unspecified atom stereocenters. The van der Waals surface area contributed by atoms with E-state index in [4.69, 9.17) is 5.11 Å². The monoisotopic (exact) mass is 170 g/mol.